The molecule has 0 aliphatic carbocycles. The Morgan fingerprint density at radius 1 is 1.00 bits per heavy atom. The van der Waals surface area contributed by atoms with Crippen molar-refractivity contribution in [3.05, 3.63) is 65.4 Å². The van der Waals surface area contributed by atoms with Crippen LogP contribution in [0.1, 0.15) is 28.1 Å². The lowest BCUT2D eigenvalue weighted by Gasteiger charge is -2.06. The van der Waals surface area contributed by atoms with Crippen LogP contribution in [0, 0.1) is 13.8 Å². The fraction of sp³-hybridized carbons (Fsp3) is 0.200. The number of hydrogen-bond acceptors (Lipinski definition) is 4. The van der Waals surface area contributed by atoms with E-state index in [9.17, 15) is 9.59 Å². The van der Waals surface area contributed by atoms with E-state index in [-0.39, 0.29) is 11.7 Å². The molecule has 2 aromatic carbocycles. The van der Waals surface area contributed by atoms with Crippen molar-refractivity contribution >= 4 is 34.5 Å². The Hall–Kier alpha value is -2.73. The van der Waals surface area contributed by atoms with Crippen molar-refractivity contribution in [1.29, 1.82) is 0 Å². The maximum atomic E-state index is 12.2. The number of furan rings is 1. The topological polar surface area (TPSA) is 71.3 Å². The van der Waals surface area contributed by atoms with Gasteiger partial charge >= 0.3 is 5.91 Å². The molecule has 134 valence electrons. The average molecular weight is 368 g/mol. The van der Waals surface area contributed by atoms with Gasteiger partial charge in [0.2, 0.25) is 5.91 Å². The fourth-order valence-electron chi connectivity index (χ4n) is 2.53. The van der Waals surface area contributed by atoms with Crippen molar-refractivity contribution in [2.24, 2.45) is 0 Å². The van der Waals surface area contributed by atoms with Gasteiger partial charge in [-0.2, -0.15) is 0 Å². The Kier molecular flexibility index (Phi) is 5.63. The maximum Gasteiger partial charge on any atom is 0.305 e. The predicted octanol–water partition coefficient (Wildman–Crippen LogP) is 3.99. The molecule has 2 amide bonds. The summed E-state index contributed by atoms with van der Waals surface area (Å²) in [7, 11) is 0. The zero-order valence-corrected chi connectivity index (χ0v) is 15.5. The third kappa shape index (κ3) is 4.26. The number of carbonyl (C=O) groups is 2. The summed E-state index contributed by atoms with van der Waals surface area (Å²) < 4.78 is 5.57. The summed E-state index contributed by atoms with van der Waals surface area (Å²) in [5, 5.41) is 0.887. The molecule has 0 fully saturated rings. The van der Waals surface area contributed by atoms with E-state index >= 15 is 0 Å². The van der Waals surface area contributed by atoms with Crippen molar-refractivity contribution in [2.75, 3.05) is 5.75 Å². The van der Waals surface area contributed by atoms with E-state index in [1.54, 1.807) is 17.8 Å². The maximum absolute atomic E-state index is 12.2. The summed E-state index contributed by atoms with van der Waals surface area (Å²) in [6.07, 6.45) is 0.304. The average Bonchev–Trinajstić information content (AvgIpc) is 2.98. The summed E-state index contributed by atoms with van der Waals surface area (Å²) in [4.78, 5) is 25.3. The van der Waals surface area contributed by atoms with Gasteiger partial charge in [-0.3, -0.25) is 20.4 Å². The Balaban J connectivity index is 1.48. The molecule has 0 saturated heterocycles. The minimum Gasteiger partial charge on any atom is -0.451 e. The SMILES string of the molecule is Cc1ccc(SCCC(=O)NNC(=O)c2oc3ccccc3c2C)cc1. The lowest BCUT2D eigenvalue weighted by Crippen LogP contribution is -2.41. The molecular formula is C20H20N2O3S. The molecule has 3 rings (SSSR count). The number of benzene rings is 2. The molecule has 1 heterocycles. The van der Waals surface area contributed by atoms with E-state index in [2.05, 4.69) is 10.9 Å². The Bertz CT molecular complexity index is 932. The van der Waals surface area contributed by atoms with Crippen molar-refractivity contribution in [1.82, 2.24) is 10.9 Å². The van der Waals surface area contributed by atoms with Gasteiger partial charge in [-0.05, 0) is 32.0 Å². The van der Waals surface area contributed by atoms with E-state index in [0.717, 1.165) is 15.8 Å². The van der Waals surface area contributed by atoms with Crippen LogP contribution < -0.4 is 10.9 Å². The van der Waals surface area contributed by atoms with Gasteiger partial charge < -0.3 is 4.42 Å². The molecular weight excluding hydrogens is 348 g/mol. The molecule has 2 N–H and O–H groups in total. The summed E-state index contributed by atoms with van der Waals surface area (Å²) in [5.41, 5.74) is 7.46. The van der Waals surface area contributed by atoms with E-state index in [0.29, 0.717) is 17.8 Å². The number of rotatable bonds is 5. The van der Waals surface area contributed by atoms with Crippen LogP contribution in [-0.4, -0.2) is 17.6 Å². The zero-order valence-electron chi connectivity index (χ0n) is 14.7. The fourth-order valence-corrected chi connectivity index (χ4v) is 3.38. The highest BCUT2D eigenvalue weighted by atomic mass is 32.2. The first kappa shape index (κ1) is 18.1. The molecule has 0 unspecified atom stereocenters. The Morgan fingerprint density at radius 2 is 1.73 bits per heavy atom. The van der Waals surface area contributed by atoms with Crippen LogP contribution in [0.5, 0.6) is 0 Å². The third-order valence-corrected chi connectivity index (χ3v) is 5.00. The monoisotopic (exact) mass is 368 g/mol. The summed E-state index contributed by atoms with van der Waals surface area (Å²) >= 11 is 1.60. The van der Waals surface area contributed by atoms with Gasteiger partial charge in [-0.1, -0.05) is 35.9 Å². The standard InChI is InChI=1S/C20H20N2O3S/c1-13-7-9-15(10-8-13)26-12-11-18(23)21-22-20(24)19-14(2)16-5-3-4-6-17(16)25-19/h3-10H,11-12H2,1-2H3,(H,21,23)(H,22,24). The highest BCUT2D eigenvalue weighted by Crippen LogP contribution is 2.24. The Labute approximate surface area is 156 Å². The van der Waals surface area contributed by atoms with Crippen LogP contribution in [0.4, 0.5) is 0 Å². The molecule has 0 aliphatic heterocycles. The second-order valence-electron chi connectivity index (χ2n) is 5.97. The molecule has 0 radical (unpaired) electrons. The number of carbonyl (C=O) groups excluding carboxylic acids is 2. The number of hydrazine groups is 1. The Morgan fingerprint density at radius 3 is 2.46 bits per heavy atom. The van der Waals surface area contributed by atoms with Crippen molar-refractivity contribution in [3.63, 3.8) is 0 Å². The molecule has 5 nitrogen and oxygen atoms in total. The number of hydrogen-bond donors (Lipinski definition) is 2. The lowest BCUT2D eigenvalue weighted by atomic mass is 10.1. The minimum absolute atomic E-state index is 0.209. The molecule has 0 saturated carbocycles. The number of para-hydroxylation sites is 1. The molecule has 0 aliphatic rings. The van der Waals surface area contributed by atoms with Crippen LogP contribution in [0.15, 0.2) is 57.8 Å². The number of nitrogens with one attached hydrogen (secondary N) is 2. The van der Waals surface area contributed by atoms with Crippen molar-refractivity contribution in [2.45, 2.75) is 25.2 Å². The normalized spacial score (nSPS) is 10.7. The van der Waals surface area contributed by atoms with Gasteiger partial charge in [0, 0.05) is 28.0 Å². The second-order valence-corrected chi connectivity index (χ2v) is 7.13. The first-order valence-corrected chi connectivity index (χ1v) is 9.30. The van der Waals surface area contributed by atoms with Gasteiger partial charge in [0.05, 0.1) is 0 Å². The first-order valence-electron chi connectivity index (χ1n) is 8.31. The van der Waals surface area contributed by atoms with E-state index < -0.39 is 5.91 Å². The van der Waals surface area contributed by atoms with Crippen LogP contribution in [-0.2, 0) is 4.79 Å². The van der Waals surface area contributed by atoms with Gasteiger partial charge in [0.25, 0.3) is 0 Å². The molecule has 0 bridgehead atoms. The third-order valence-electron chi connectivity index (χ3n) is 3.98. The lowest BCUT2D eigenvalue weighted by molar-refractivity contribution is -0.121. The minimum atomic E-state index is -0.460. The van der Waals surface area contributed by atoms with Crippen LogP contribution in [0.2, 0.25) is 0 Å². The van der Waals surface area contributed by atoms with E-state index in [1.165, 1.54) is 5.56 Å². The molecule has 3 aromatic rings. The van der Waals surface area contributed by atoms with E-state index in [1.807, 2.05) is 56.3 Å². The zero-order chi connectivity index (χ0) is 18.5. The molecule has 6 heteroatoms. The summed E-state index contributed by atoms with van der Waals surface area (Å²) in [5.74, 6) is 0.138. The van der Waals surface area contributed by atoms with Crippen molar-refractivity contribution in [3.8, 4) is 0 Å². The number of fused-ring (bicyclic) bond motifs is 1. The largest absolute Gasteiger partial charge is 0.451 e. The highest BCUT2D eigenvalue weighted by Gasteiger charge is 2.17. The summed E-state index contributed by atoms with van der Waals surface area (Å²) in [6, 6.07) is 15.6. The van der Waals surface area contributed by atoms with Gasteiger partial charge in [0.15, 0.2) is 5.76 Å². The quantitative estimate of drug-likeness (QED) is 0.528. The molecule has 0 spiro atoms. The van der Waals surface area contributed by atoms with Crippen molar-refractivity contribution < 1.29 is 14.0 Å². The van der Waals surface area contributed by atoms with Gasteiger partial charge in [-0.15, -0.1) is 11.8 Å². The highest BCUT2D eigenvalue weighted by molar-refractivity contribution is 7.99. The second kappa shape index (κ2) is 8.10. The number of aryl methyl sites for hydroxylation is 2. The molecule has 1 aromatic heterocycles. The van der Waals surface area contributed by atoms with Crippen LogP contribution in [0.25, 0.3) is 11.0 Å². The van der Waals surface area contributed by atoms with Gasteiger partial charge in [0.1, 0.15) is 5.58 Å². The van der Waals surface area contributed by atoms with Crippen LogP contribution >= 0.6 is 11.8 Å². The predicted molar refractivity (Wildman–Crippen MR) is 103 cm³/mol. The number of amides is 2. The number of thioether (sulfide) groups is 1. The van der Waals surface area contributed by atoms with Gasteiger partial charge in [-0.25, -0.2) is 0 Å². The molecule has 0 atom stereocenters. The first-order chi connectivity index (χ1) is 12.5. The smallest absolute Gasteiger partial charge is 0.305 e. The summed E-state index contributed by atoms with van der Waals surface area (Å²) in [6.45, 7) is 3.86. The van der Waals surface area contributed by atoms with E-state index in [4.69, 9.17) is 4.42 Å². The molecule has 26 heavy (non-hydrogen) atoms. The van der Waals surface area contributed by atoms with Crippen LogP contribution in [0.3, 0.4) is 0 Å².